The molecule has 0 aromatic heterocycles. The lowest BCUT2D eigenvalue weighted by Gasteiger charge is -2.10. The standard InChI is InChI=1S/C18H18F3N3O3/c19-18(20,21)12-27-10-9-16(25)22-14-7-4-8-15(11-14)24-17(26)23-13-5-2-1-3-6-13/h1-8,11H,9-10,12H2,(H,22,25)(H2,23,24,26). The first kappa shape index (κ1) is 20.2. The highest BCUT2D eigenvalue weighted by Crippen LogP contribution is 2.17. The Morgan fingerprint density at radius 2 is 1.44 bits per heavy atom. The van der Waals surface area contributed by atoms with Gasteiger partial charge < -0.3 is 20.7 Å². The first-order chi connectivity index (χ1) is 12.8. The van der Waals surface area contributed by atoms with Crippen LogP contribution in [0.2, 0.25) is 0 Å². The van der Waals surface area contributed by atoms with Gasteiger partial charge in [0.15, 0.2) is 0 Å². The van der Waals surface area contributed by atoms with Gasteiger partial charge in [0.1, 0.15) is 6.61 Å². The minimum Gasteiger partial charge on any atom is -0.372 e. The quantitative estimate of drug-likeness (QED) is 0.628. The minimum atomic E-state index is -4.42. The molecule has 0 atom stereocenters. The summed E-state index contributed by atoms with van der Waals surface area (Å²) < 4.78 is 40.2. The van der Waals surface area contributed by atoms with Gasteiger partial charge in [-0.15, -0.1) is 0 Å². The van der Waals surface area contributed by atoms with Gasteiger partial charge in [-0.25, -0.2) is 4.79 Å². The van der Waals surface area contributed by atoms with Crippen molar-refractivity contribution in [1.29, 1.82) is 0 Å². The number of benzene rings is 2. The molecule has 0 radical (unpaired) electrons. The van der Waals surface area contributed by atoms with E-state index in [-0.39, 0.29) is 13.0 Å². The predicted molar refractivity (Wildman–Crippen MR) is 95.6 cm³/mol. The molecule has 2 aromatic rings. The summed E-state index contributed by atoms with van der Waals surface area (Å²) in [5.74, 6) is -0.497. The molecule has 3 N–H and O–H groups in total. The molecule has 6 nitrogen and oxygen atoms in total. The van der Waals surface area contributed by atoms with Gasteiger partial charge >= 0.3 is 12.2 Å². The van der Waals surface area contributed by atoms with E-state index in [9.17, 15) is 22.8 Å². The van der Waals surface area contributed by atoms with Crippen molar-refractivity contribution in [2.24, 2.45) is 0 Å². The Balaban J connectivity index is 1.80. The monoisotopic (exact) mass is 381 g/mol. The van der Waals surface area contributed by atoms with Gasteiger partial charge in [0.05, 0.1) is 13.0 Å². The highest BCUT2D eigenvalue weighted by atomic mass is 19.4. The number of carbonyl (C=O) groups excluding carboxylic acids is 2. The fraction of sp³-hybridized carbons (Fsp3) is 0.222. The topological polar surface area (TPSA) is 79.5 Å². The molecule has 0 aliphatic heterocycles. The van der Waals surface area contributed by atoms with Crippen LogP contribution in [0.1, 0.15) is 6.42 Å². The fourth-order valence-electron chi connectivity index (χ4n) is 2.07. The third kappa shape index (κ3) is 8.23. The van der Waals surface area contributed by atoms with Crippen LogP contribution < -0.4 is 16.0 Å². The van der Waals surface area contributed by atoms with Gasteiger partial charge in [-0.2, -0.15) is 13.2 Å². The summed E-state index contributed by atoms with van der Waals surface area (Å²) in [5, 5.41) is 7.80. The number of nitrogens with one attached hydrogen (secondary N) is 3. The van der Waals surface area contributed by atoms with Gasteiger partial charge in [-0.3, -0.25) is 4.79 Å². The molecule has 9 heteroatoms. The Morgan fingerprint density at radius 3 is 2.11 bits per heavy atom. The molecule has 0 spiro atoms. The fourth-order valence-corrected chi connectivity index (χ4v) is 2.07. The first-order valence-corrected chi connectivity index (χ1v) is 7.99. The maximum Gasteiger partial charge on any atom is 0.411 e. The van der Waals surface area contributed by atoms with Crippen LogP contribution >= 0.6 is 0 Å². The van der Waals surface area contributed by atoms with Gasteiger partial charge in [-0.05, 0) is 30.3 Å². The molecule has 2 aromatic carbocycles. The van der Waals surface area contributed by atoms with E-state index in [1.54, 1.807) is 42.5 Å². The number of urea groups is 1. The molecule has 0 bridgehead atoms. The summed E-state index contributed by atoms with van der Waals surface area (Å²) in [4.78, 5) is 23.7. The molecule has 27 heavy (non-hydrogen) atoms. The number of ether oxygens (including phenoxy) is 1. The molecule has 3 amide bonds. The average Bonchev–Trinajstić information content (AvgIpc) is 2.59. The number of amides is 3. The maximum absolute atomic E-state index is 12.0. The molecule has 0 aliphatic carbocycles. The number of carbonyl (C=O) groups is 2. The van der Waals surface area contributed by atoms with Crippen LogP contribution in [0.25, 0.3) is 0 Å². The van der Waals surface area contributed by atoms with E-state index in [0.29, 0.717) is 17.1 Å². The molecule has 0 fully saturated rings. The molecule has 144 valence electrons. The molecule has 2 rings (SSSR count). The summed E-state index contributed by atoms with van der Waals surface area (Å²) in [5.41, 5.74) is 1.46. The highest BCUT2D eigenvalue weighted by molar-refractivity contribution is 6.00. The Morgan fingerprint density at radius 1 is 0.852 bits per heavy atom. The van der Waals surface area contributed by atoms with Crippen molar-refractivity contribution < 1.29 is 27.5 Å². The number of halogens is 3. The van der Waals surface area contributed by atoms with Crippen LogP contribution in [-0.2, 0) is 9.53 Å². The number of alkyl halides is 3. The lowest BCUT2D eigenvalue weighted by Crippen LogP contribution is -2.20. The van der Waals surface area contributed by atoms with Crippen molar-refractivity contribution in [3.8, 4) is 0 Å². The van der Waals surface area contributed by atoms with Crippen LogP contribution in [-0.4, -0.2) is 31.3 Å². The zero-order valence-corrected chi connectivity index (χ0v) is 14.2. The van der Waals surface area contributed by atoms with Gasteiger partial charge in [-0.1, -0.05) is 24.3 Å². The third-order valence-corrected chi connectivity index (χ3v) is 3.18. The molecular formula is C18H18F3N3O3. The molecule has 0 saturated carbocycles. The van der Waals surface area contributed by atoms with Crippen LogP contribution in [0, 0.1) is 0 Å². The zero-order chi connectivity index (χ0) is 19.7. The van der Waals surface area contributed by atoms with Crippen LogP contribution in [0.3, 0.4) is 0 Å². The van der Waals surface area contributed by atoms with Crippen molar-refractivity contribution in [2.75, 3.05) is 29.2 Å². The number of hydrogen-bond donors (Lipinski definition) is 3. The van der Waals surface area contributed by atoms with E-state index in [0.717, 1.165) is 0 Å². The summed E-state index contributed by atoms with van der Waals surface area (Å²) >= 11 is 0. The number of hydrogen-bond acceptors (Lipinski definition) is 3. The molecule has 0 unspecified atom stereocenters. The summed E-state index contributed by atoms with van der Waals surface area (Å²) in [6.45, 7) is -1.74. The second-order valence-corrected chi connectivity index (χ2v) is 5.49. The van der Waals surface area contributed by atoms with E-state index in [2.05, 4.69) is 20.7 Å². The maximum atomic E-state index is 12.0. The lowest BCUT2D eigenvalue weighted by atomic mass is 10.2. The first-order valence-electron chi connectivity index (χ1n) is 7.99. The van der Waals surface area contributed by atoms with Crippen molar-refractivity contribution in [2.45, 2.75) is 12.6 Å². The number of rotatable bonds is 7. The number of para-hydroxylation sites is 1. The second kappa shape index (κ2) is 9.58. The zero-order valence-electron chi connectivity index (χ0n) is 14.2. The summed E-state index contributed by atoms with van der Waals surface area (Å²) in [7, 11) is 0. The lowest BCUT2D eigenvalue weighted by molar-refractivity contribution is -0.174. The Kier molecular flexibility index (Phi) is 7.18. The third-order valence-electron chi connectivity index (χ3n) is 3.18. The largest absolute Gasteiger partial charge is 0.411 e. The number of anilines is 3. The van der Waals surface area contributed by atoms with Crippen molar-refractivity contribution in [3.63, 3.8) is 0 Å². The van der Waals surface area contributed by atoms with E-state index in [1.165, 1.54) is 6.07 Å². The van der Waals surface area contributed by atoms with E-state index in [4.69, 9.17) is 0 Å². The Bertz CT molecular complexity index is 767. The minimum absolute atomic E-state index is 0.220. The van der Waals surface area contributed by atoms with E-state index >= 15 is 0 Å². The Hall–Kier alpha value is -3.07. The van der Waals surface area contributed by atoms with Gasteiger partial charge in [0.25, 0.3) is 0 Å². The van der Waals surface area contributed by atoms with E-state index < -0.39 is 24.7 Å². The van der Waals surface area contributed by atoms with E-state index in [1.807, 2.05) is 6.07 Å². The molecular weight excluding hydrogens is 363 g/mol. The van der Waals surface area contributed by atoms with Crippen LogP contribution in [0.4, 0.5) is 35.0 Å². The molecule has 0 heterocycles. The Labute approximate surface area is 153 Å². The normalized spacial score (nSPS) is 10.9. The second-order valence-electron chi connectivity index (χ2n) is 5.49. The SMILES string of the molecule is O=C(CCOCC(F)(F)F)Nc1cccc(NC(=O)Nc2ccccc2)c1. The summed E-state index contributed by atoms with van der Waals surface area (Å²) in [6.07, 6.45) is -4.64. The van der Waals surface area contributed by atoms with Crippen molar-refractivity contribution >= 4 is 29.0 Å². The highest BCUT2D eigenvalue weighted by Gasteiger charge is 2.27. The van der Waals surface area contributed by atoms with Crippen LogP contribution in [0.15, 0.2) is 54.6 Å². The average molecular weight is 381 g/mol. The van der Waals surface area contributed by atoms with Crippen LogP contribution in [0.5, 0.6) is 0 Å². The smallest absolute Gasteiger partial charge is 0.372 e. The molecule has 0 saturated heterocycles. The predicted octanol–water partition coefficient (Wildman–Crippen LogP) is 4.24. The van der Waals surface area contributed by atoms with Crippen molar-refractivity contribution in [3.05, 3.63) is 54.6 Å². The van der Waals surface area contributed by atoms with Crippen molar-refractivity contribution in [1.82, 2.24) is 0 Å². The summed E-state index contributed by atoms with van der Waals surface area (Å²) in [6, 6.07) is 14.8. The van der Waals surface area contributed by atoms with Gasteiger partial charge in [0, 0.05) is 17.1 Å². The molecule has 0 aliphatic rings. The van der Waals surface area contributed by atoms with Gasteiger partial charge in [0.2, 0.25) is 5.91 Å².